The summed E-state index contributed by atoms with van der Waals surface area (Å²) in [6.45, 7) is 5.94. The lowest BCUT2D eigenvalue weighted by atomic mass is 9.99. The first-order valence-electron chi connectivity index (χ1n) is 22.7. The zero-order valence-corrected chi connectivity index (χ0v) is 40.0. The number of likely N-dealkylation sites (tertiary alicyclic amines) is 1. The third kappa shape index (κ3) is 11.3. The number of halogens is 4. The molecule has 5 heterocycles. The van der Waals surface area contributed by atoms with E-state index in [-0.39, 0.29) is 36.5 Å². The van der Waals surface area contributed by atoms with Crippen LogP contribution in [-0.4, -0.2) is 101 Å². The molecular formula is C50H54ClF3N10O3S. The maximum Gasteiger partial charge on any atom is 0.406 e. The molecule has 0 bridgehead atoms. The van der Waals surface area contributed by atoms with Gasteiger partial charge in [-0.2, -0.15) is 13.2 Å². The number of benzene rings is 3. The van der Waals surface area contributed by atoms with Crippen molar-refractivity contribution in [1.82, 2.24) is 34.9 Å². The lowest BCUT2D eigenvalue weighted by molar-refractivity contribution is -0.140. The fourth-order valence-electron chi connectivity index (χ4n) is 8.62. The number of aryl methyl sites for hydroxylation is 1. The number of anilines is 2. The van der Waals surface area contributed by atoms with E-state index < -0.39 is 18.8 Å². The quantitative estimate of drug-likeness (QED) is 0.0556. The van der Waals surface area contributed by atoms with Gasteiger partial charge in [0.15, 0.2) is 5.82 Å². The summed E-state index contributed by atoms with van der Waals surface area (Å²) < 4.78 is 50.1. The van der Waals surface area contributed by atoms with Crippen LogP contribution in [-0.2, 0) is 11.3 Å². The minimum Gasteiger partial charge on any atom is -0.495 e. The van der Waals surface area contributed by atoms with Gasteiger partial charge in [0.1, 0.15) is 29.7 Å². The van der Waals surface area contributed by atoms with Crippen molar-refractivity contribution in [2.75, 3.05) is 57.5 Å². The Morgan fingerprint density at radius 3 is 2.49 bits per heavy atom. The number of hydrogen-bond acceptors (Lipinski definition) is 10. The molecule has 1 saturated heterocycles. The first kappa shape index (κ1) is 48.1. The van der Waals surface area contributed by atoms with Crippen LogP contribution in [0.1, 0.15) is 88.0 Å². The van der Waals surface area contributed by atoms with Crippen LogP contribution in [0.25, 0.3) is 15.9 Å². The molecule has 0 spiro atoms. The van der Waals surface area contributed by atoms with E-state index >= 15 is 0 Å². The summed E-state index contributed by atoms with van der Waals surface area (Å²) >= 11 is 7.87. The lowest BCUT2D eigenvalue weighted by Gasteiger charge is -2.30. The van der Waals surface area contributed by atoms with Crippen molar-refractivity contribution in [3.05, 3.63) is 117 Å². The highest BCUT2D eigenvalue weighted by atomic mass is 35.5. The standard InChI is InChI=1S/C50H54ClF3N10O3S/c1-31-32(2)68-49-45(31)46(33-13-16-35(51)17-14-33)60-41(47-61-58-30-64(47)49)28-44(65)56-21-6-5-7-22-57-48(66)34-15-18-40(43(26-34)67-4)55-23-9-10-37-27-38-39(59-36-19-24-62(3)25-20-36)11-8-12-42(38)63(37)29-50(52,53)54/h8,11-18,26-27,30,36,41,55,59H,5-7,19-25,28-29H2,1-4H3,(H,56,65)(H,57,66)/t41-/m0/s1. The summed E-state index contributed by atoms with van der Waals surface area (Å²) in [6.07, 6.45) is 1.44. The largest absolute Gasteiger partial charge is 0.495 e. The minimum atomic E-state index is -4.43. The van der Waals surface area contributed by atoms with Crippen LogP contribution in [0.4, 0.5) is 24.5 Å². The van der Waals surface area contributed by atoms with Gasteiger partial charge in [-0.15, -0.1) is 21.5 Å². The third-order valence-corrected chi connectivity index (χ3v) is 13.8. The van der Waals surface area contributed by atoms with Crippen LogP contribution < -0.4 is 26.0 Å². The monoisotopic (exact) mass is 966 g/mol. The molecule has 2 aliphatic rings. The van der Waals surface area contributed by atoms with Crippen LogP contribution in [0.2, 0.25) is 5.02 Å². The van der Waals surface area contributed by atoms with E-state index in [1.165, 1.54) is 11.7 Å². The van der Waals surface area contributed by atoms with Gasteiger partial charge < -0.3 is 35.5 Å². The van der Waals surface area contributed by atoms with Gasteiger partial charge in [-0.25, -0.2) is 0 Å². The predicted octanol–water partition coefficient (Wildman–Crippen LogP) is 9.09. The maximum absolute atomic E-state index is 13.8. The van der Waals surface area contributed by atoms with E-state index in [1.54, 1.807) is 54.1 Å². The van der Waals surface area contributed by atoms with Gasteiger partial charge >= 0.3 is 6.18 Å². The number of piperidine rings is 1. The summed E-state index contributed by atoms with van der Waals surface area (Å²) in [7, 11) is 3.58. The molecular weight excluding hydrogens is 913 g/mol. The molecule has 356 valence electrons. The number of rotatable bonds is 16. The molecule has 4 N–H and O–H groups in total. The van der Waals surface area contributed by atoms with E-state index in [2.05, 4.69) is 69.1 Å². The number of hydrogen-bond donors (Lipinski definition) is 4. The zero-order valence-electron chi connectivity index (χ0n) is 38.4. The molecule has 6 aromatic rings. The number of carbonyl (C=O) groups excluding carboxylic acids is 2. The number of carbonyl (C=O) groups is 2. The first-order valence-corrected chi connectivity index (χ1v) is 23.9. The summed E-state index contributed by atoms with van der Waals surface area (Å²) in [6, 6.07) is 19.3. The highest BCUT2D eigenvalue weighted by molar-refractivity contribution is 7.15. The molecule has 0 aliphatic carbocycles. The highest BCUT2D eigenvalue weighted by Gasteiger charge is 2.32. The van der Waals surface area contributed by atoms with Crippen LogP contribution in [0.3, 0.4) is 0 Å². The fourth-order valence-corrected chi connectivity index (χ4v) is 9.88. The van der Waals surface area contributed by atoms with E-state index in [1.807, 2.05) is 34.9 Å². The molecule has 3 aromatic carbocycles. The van der Waals surface area contributed by atoms with E-state index in [0.717, 1.165) is 76.7 Å². The predicted molar refractivity (Wildman–Crippen MR) is 263 cm³/mol. The van der Waals surface area contributed by atoms with Crippen molar-refractivity contribution in [3.8, 4) is 22.6 Å². The highest BCUT2D eigenvalue weighted by Crippen LogP contribution is 2.39. The molecule has 3 aromatic heterocycles. The Hall–Kier alpha value is -6.35. The van der Waals surface area contributed by atoms with Gasteiger partial charge in [-0.05, 0) is 126 Å². The SMILES string of the molecule is COc1cc(C(=O)NCCCCCNC(=O)C[C@@H]2N=C(c3ccc(Cl)cc3)c3c(sc(C)c3C)-n3cnnc32)ccc1NCC#Cc1cc2c(NC3CCN(C)CC3)cccc2n1CC(F)(F)F. The normalized spacial score (nSPS) is 15.1. The van der Waals surface area contributed by atoms with Crippen molar-refractivity contribution >= 4 is 62.7 Å². The van der Waals surface area contributed by atoms with Gasteiger partial charge in [0, 0.05) is 56.8 Å². The summed E-state index contributed by atoms with van der Waals surface area (Å²) in [5.41, 5.74) is 6.32. The number of nitrogens with zero attached hydrogens (tertiary/aromatic N) is 6. The molecule has 1 fully saturated rings. The van der Waals surface area contributed by atoms with Crippen molar-refractivity contribution in [1.29, 1.82) is 0 Å². The number of aliphatic imine (C=N–C) groups is 1. The molecule has 0 saturated carbocycles. The topological polar surface area (TPSA) is 143 Å². The maximum atomic E-state index is 13.8. The molecule has 68 heavy (non-hydrogen) atoms. The van der Waals surface area contributed by atoms with Gasteiger partial charge in [-0.1, -0.05) is 35.7 Å². The number of alkyl halides is 3. The number of nitrogens with one attached hydrogen (secondary N) is 4. The third-order valence-electron chi connectivity index (χ3n) is 12.3. The minimum absolute atomic E-state index is 0.0966. The van der Waals surface area contributed by atoms with Gasteiger partial charge in [-0.3, -0.25) is 19.1 Å². The second-order valence-electron chi connectivity index (χ2n) is 17.2. The summed E-state index contributed by atoms with van der Waals surface area (Å²) in [5.74, 6) is 6.54. The Morgan fingerprint density at radius 2 is 1.74 bits per heavy atom. The van der Waals surface area contributed by atoms with Crippen molar-refractivity contribution in [3.63, 3.8) is 0 Å². The van der Waals surface area contributed by atoms with Gasteiger partial charge in [0.05, 0.1) is 42.7 Å². The first-order chi connectivity index (χ1) is 32.8. The van der Waals surface area contributed by atoms with Crippen LogP contribution in [0, 0.1) is 25.7 Å². The van der Waals surface area contributed by atoms with Crippen LogP contribution in [0.5, 0.6) is 5.75 Å². The van der Waals surface area contributed by atoms with Gasteiger partial charge in [0.2, 0.25) is 5.91 Å². The van der Waals surface area contributed by atoms with Gasteiger partial charge in [0.25, 0.3) is 5.91 Å². The van der Waals surface area contributed by atoms with Crippen molar-refractivity contribution in [2.45, 2.75) is 77.2 Å². The number of aromatic nitrogens is 4. The summed E-state index contributed by atoms with van der Waals surface area (Å²) in [4.78, 5) is 35.0. The number of unbranched alkanes of at least 4 members (excludes halogenated alkanes) is 2. The lowest BCUT2D eigenvalue weighted by Crippen LogP contribution is -2.36. The number of fused-ring (bicyclic) bond motifs is 4. The van der Waals surface area contributed by atoms with Crippen LogP contribution in [0.15, 0.2) is 78.0 Å². The number of methoxy groups -OCH3 is 1. The molecule has 2 aliphatic heterocycles. The van der Waals surface area contributed by atoms with E-state index in [0.29, 0.717) is 58.3 Å². The molecule has 18 heteroatoms. The zero-order chi connectivity index (χ0) is 48.0. The molecule has 0 radical (unpaired) electrons. The second kappa shape index (κ2) is 21.3. The van der Waals surface area contributed by atoms with Crippen molar-refractivity contribution in [2.24, 2.45) is 4.99 Å². The average molecular weight is 968 g/mol. The Bertz CT molecular complexity index is 2870. The number of amides is 2. The molecule has 1 atom stereocenters. The summed E-state index contributed by atoms with van der Waals surface area (Å²) in [5, 5.41) is 23.6. The van der Waals surface area contributed by atoms with E-state index in [9.17, 15) is 22.8 Å². The number of thiophene rings is 1. The fraction of sp³-hybridized carbons (Fsp3) is 0.380. The molecule has 2 amide bonds. The molecule has 8 rings (SSSR count). The Morgan fingerprint density at radius 1 is 0.971 bits per heavy atom. The molecule has 0 unspecified atom stereocenters. The Balaban J connectivity index is 0.808. The average Bonchev–Trinajstić information content (AvgIpc) is 4.00. The van der Waals surface area contributed by atoms with Crippen LogP contribution >= 0.6 is 22.9 Å². The Labute approximate surface area is 402 Å². The Kier molecular flexibility index (Phi) is 15.1. The molecule has 13 nitrogen and oxygen atoms in total. The smallest absolute Gasteiger partial charge is 0.406 e. The second-order valence-corrected chi connectivity index (χ2v) is 18.8. The number of ether oxygens (including phenoxy) is 1. The van der Waals surface area contributed by atoms with Crippen molar-refractivity contribution < 1.29 is 27.5 Å². The van der Waals surface area contributed by atoms with E-state index in [4.69, 9.17) is 21.3 Å².